The maximum Gasteiger partial charge on any atom is 0.360 e. The normalized spacial score (nSPS) is 10.7. The lowest BCUT2D eigenvalue weighted by Crippen LogP contribution is -2.36. The minimum Gasteiger partial charge on any atom is -0.464 e. The third-order valence-electron chi connectivity index (χ3n) is 3.71. The Morgan fingerprint density at radius 1 is 1.30 bits per heavy atom. The summed E-state index contributed by atoms with van der Waals surface area (Å²) in [5.74, 6) is -2.22. The molecule has 0 atom stereocenters. The number of esters is 1. The number of rotatable bonds is 7. The first-order valence-corrected chi connectivity index (χ1v) is 8.33. The molecule has 9 heteroatoms. The van der Waals surface area contributed by atoms with E-state index in [0.29, 0.717) is 18.9 Å². The number of hydrogen-bond donors (Lipinski definition) is 1. The molecule has 146 valence electrons. The smallest absolute Gasteiger partial charge is 0.360 e. The molecule has 0 saturated carbocycles. The van der Waals surface area contributed by atoms with Gasteiger partial charge in [0.15, 0.2) is 17.3 Å². The van der Waals surface area contributed by atoms with Crippen LogP contribution in [0.15, 0.2) is 28.9 Å². The van der Waals surface area contributed by atoms with Gasteiger partial charge in [-0.3, -0.25) is 0 Å². The Morgan fingerprint density at radius 2 is 2.04 bits per heavy atom. The Balaban J connectivity index is 2.12. The third kappa shape index (κ3) is 5.77. The first-order chi connectivity index (χ1) is 12.8. The lowest BCUT2D eigenvalue weighted by atomic mass is 10.1. The number of oxazole rings is 1. The number of halogens is 2. The highest BCUT2D eigenvalue weighted by Gasteiger charge is 2.20. The number of urea groups is 1. The van der Waals surface area contributed by atoms with E-state index in [2.05, 4.69) is 15.0 Å². The topological polar surface area (TPSA) is 84.7 Å². The highest BCUT2D eigenvalue weighted by Crippen LogP contribution is 2.15. The maximum atomic E-state index is 13.3. The second-order valence-electron chi connectivity index (χ2n) is 6.28. The third-order valence-corrected chi connectivity index (χ3v) is 3.71. The maximum absolute atomic E-state index is 13.3. The van der Waals surface area contributed by atoms with Gasteiger partial charge < -0.3 is 19.4 Å². The number of amides is 2. The molecule has 0 radical (unpaired) electrons. The largest absolute Gasteiger partial charge is 0.464 e. The second-order valence-corrected chi connectivity index (χ2v) is 6.28. The van der Waals surface area contributed by atoms with Crippen LogP contribution in [-0.4, -0.2) is 35.5 Å². The summed E-state index contributed by atoms with van der Waals surface area (Å²) in [6, 6.07) is 2.56. The highest BCUT2D eigenvalue weighted by molar-refractivity contribution is 5.89. The molecular weight excluding hydrogens is 360 g/mol. The average molecular weight is 381 g/mol. The summed E-state index contributed by atoms with van der Waals surface area (Å²) in [7, 11) is 1.22. The van der Waals surface area contributed by atoms with Crippen molar-refractivity contribution in [2.75, 3.05) is 19.0 Å². The van der Waals surface area contributed by atoms with Crippen molar-refractivity contribution in [3.05, 3.63) is 47.7 Å². The molecule has 1 N–H and O–H groups in total. The van der Waals surface area contributed by atoms with Crippen LogP contribution in [0, 0.1) is 17.6 Å². The Kier molecular flexibility index (Phi) is 6.86. The molecule has 0 unspecified atom stereocenters. The summed E-state index contributed by atoms with van der Waals surface area (Å²) < 4.78 is 36.1. The van der Waals surface area contributed by atoms with Gasteiger partial charge in [-0.1, -0.05) is 13.8 Å². The molecule has 0 bridgehead atoms. The molecule has 1 aromatic heterocycles. The van der Waals surface area contributed by atoms with Gasteiger partial charge in [0.2, 0.25) is 5.89 Å². The molecule has 2 aromatic rings. The monoisotopic (exact) mass is 381 g/mol. The standard InChI is InChI=1S/C18H21F2N3O4/c1-11(2)6-7-23(9-16-22-15(10-27-16)17(24)26-3)18(25)21-12-4-5-13(19)14(20)8-12/h4-5,8,10-11H,6-7,9H2,1-3H3,(H,21,25). The number of ether oxygens (including phenoxy) is 1. The number of aromatic nitrogens is 1. The van der Waals surface area contributed by atoms with Gasteiger partial charge in [0.05, 0.1) is 13.7 Å². The predicted molar refractivity (Wildman–Crippen MR) is 93.1 cm³/mol. The molecule has 0 saturated heterocycles. The quantitative estimate of drug-likeness (QED) is 0.737. The van der Waals surface area contributed by atoms with Gasteiger partial charge in [0.25, 0.3) is 0 Å². The van der Waals surface area contributed by atoms with Crippen LogP contribution in [-0.2, 0) is 11.3 Å². The van der Waals surface area contributed by atoms with Crippen molar-refractivity contribution in [2.45, 2.75) is 26.8 Å². The van der Waals surface area contributed by atoms with E-state index >= 15 is 0 Å². The van der Waals surface area contributed by atoms with Gasteiger partial charge in [0, 0.05) is 18.3 Å². The van der Waals surface area contributed by atoms with E-state index < -0.39 is 23.6 Å². The van der Waals surface area contributed by atoms with Gasteiger partial charge >= 0.3 is 12.0 Å². The van der Waals surface area contributed by atoms with Crippen LogP contribution in [0.5, 0.6) is 0 Å². The van der Waals surface area contributed by atoms with Gasteiger partial charge in [-0.15, -0.1) is 0 Å². The Labute approximate surface area is 155 Å². The Bertz CT molecular complexity index is 808. The second kappa shape index (κ2) is 9.11. The number of hydrogen-bond acceptors (Lipinski definition) is 5. The van der Waals surface area contributed by atoms with Crippen LogP contribution >= 0.6 is 0 Å². The number of methoxy groups -OCH3 is 1. The fourth-order valence-electron chi connectivity index (χ4n) is 2.19. The molecular formula is C18H21F2N3O4. The first-order valence-electron chi connectivity index (χ1n) is 8.33. The highest BCUT2D eigenvalue weighted by atomic mass is 19.2. The van der Waals surface area contributed by atoms with E-state index in [0.717, 1.165) is 18.4 Å². The van der Waals surface area contributed by atoms with Crippen molar-refractivity contribution in [2.24, 2.45) is 5.92 Å². The lowest BCUT2D eigenvalue weighted by molar-refractivity contribution is 0.0594. The SMILES string of the molecule is COC(=O)c1coc(CN(CCC(C)C)C(=O)Nc2ccc(F)c(F)c2)n1. The van der Waals surface area contributed by atoms with Crippen LogP contribution in [0.25, 0.3) is 0 Å². The van der Waals surface area contributed by atoms with Crippen LogP contribution < -0.4 is 5.32 Å². The molecule has 7 nitrogen and oxygen atoms in total. The van der Waals surface area contributed by atoms with Crippen LogP contribution in [0.2, 0.25) is 0 Å². The summed E-state index contributed by atoms with van der Waals surface area (Å²) in [5.41, 5.74) is 0.119. The molecule has 1 heterocycles. The van der Waals surface area contributed by atoms with E-state index in [-0.39, 0.29) is 23.8 Å². The minimum atomic E-state index is -1.06. The molecule has 0 fully saturated rings. The fourth-order valence-corrected chi connectivity index (χ4v) is 2.19. The van der Waals surface area contributed by atoms with E-state index in [1.165, 1.54) is 18.1 Å². The van der Waals surface area contributed by atoms with Crippen molar-refractivity contribution >= 4 is 17.7 Å². The number of benzene rings is 1. The number of carbonyl (C=O) groups excluding carboxylic acids is 2. The van der Waals surface area contributed by atoms with Gasteiger partial charge in [-0.2, -0.15) is 0 Å². The predicted octanol–water partition coefficient (Wildman–Crippen LogP) is 3.82. The van der Waals surface area contributed by atoms with Crippen molar-refractivity contribution < 1.29 is 27.5 Å². The van der Waals surface area contributed by atoms with Gasteiger partial charge in [-0.05, 0) is 24.5 Å². The molecule has 27 heavy (non-hydrogen) atoms. The van der Waals surface area contributed by atoms with E-state index in [1.807, 2.05) is 13.8 Å². The molecule has 0 aliphatic rings. The van der Waals surface area contributed by atoms with Crippen molar-refractivity contribution in [3.8, 4) is 0 Å². The summed E-state index contributed by atoms with van der Waals surface area (Å²) in [6.07, 6.45) is 1.85. The molecule has 0 aliphatic carbocycles. The van der Waals surface area contributed by atoms with E-state index in [1.54, 1.807) is 0 Å². The van der Waals surface area contributed by atoms with Crippen LogP contribution in [0.4, 0.5) is 19.3 Å². The summed E-state index contributed by atoms with van der Waals surface area (Å²) >= 11 is 0. The van der Waals surface area contributed by atoms with Crippen molar-refractivity contribution in [3.63, 3.8) is 0 Å². The van der Waals surface area contributed by atoms with Crippen LogP contribution in [0.1, 0.15) is 36.6 Å². The molecule has 2 amide bonds. The molecule has 1 aromatic carbocycles. The van der Waals surface area contributed by atoms with Crippen LogP contribution in [0.3, 0.4) is 0 Å². The molecule has 0 aliphatic heterocycles. The summed E-state index contributed by atoms with van der Waals surface area (Å²) in [5, 5.41) is 2.51. The zero-order valence-corrected chi connectivity index (χ0v) is 15.3. The molecule has 2 rings (SSSR count). The van der Waals surface area contributed by atoms with Crippen molar-refractivity contribution in [1.29, 1.82) is 0 Å². The zero-order chi connectivity index (χ0) is 20.0. The fraction of sp³-hybridized carbons (Fsp3) is 0.389. The first kappa shape index (κ1) is 20.3. The van der Waals surface area contributed by atoms with E-state index in [4.69, 9.17) is 4.42 Å². The number of nitrogens with zero attached hydrogens (tertiary/aromatic N) is 2. The lowest BCUT2D eigenvalue weighted by Gasteiger charge is -2.22. The minimum absolute atomic E-state index is 0.000769. The summed E-state index contributed by atoms with van der Waals surface area (Å²) in [6.45, 7) is 4.39. The van der Waals surface area contributed by atoms with E-state index in [9.17, 15) is 18.4 Å². The average Bonchev–Trinajstić information content (AvgIpc) is 3.09. The van der Waals surface area contributed by atoms with Gasteiger partial charge in [0.1, 0.15) is 6.26 Å². The Morgan fingerprint density at radius 3 is 2.67 bits per heavy atom. The zero-order valence-electron chi connectivity index (χ0n) is 15.3. The summed E-state index contributed by atoms with van der Waals surface area (Å²) in [4.78, 5) is 29.4. The van der Waals surface area contributed by atoms with Gasteiger partial charge in [-0.25, -0.2) is 23.4 Å². The number of carbonyl (C=O) groups is 2. The Hall–Kier alpha value is -2.97. The number of nitrogens with one attached hydrogen (secondary N) is 1. The van der Waals surface area contributed by atoms with Crippen molar-refractivity contribution in [1.82, 2.24) is 9.88 Å². The molecule has 0 spiro atoms. The number of anilines is 1.